The molecular formula is C33H39ClFN5. The third-order valence-corrected chi connectivity index (χ3v) is 9.50. The summed E-state index contributed by atoms with van der Waals surface area (Å²) in [7, 11) is 0. The molecule has 2 atom stereocenters. The maximum atomic E-state index is 16.5. The molecule has 2 saturated heterocycles. The molecule has 5 nitrogen and oxygen atoms in total. The van der Waals surface area contributed by atoms with Crippen molar-refractivity contribution in [2.45, 2.75) is 64.0 Å². The summed E-state index contributed by atoms with van der Waals surface area (Å²) >= 11 is 6.93. The first kappa shape index (κ1) is 27.2. The van der Waals surface area contributed by atoms with Crippen molar-refractivity contribution >= 4 is 46.3 Å². The molecule has 6 rings (SSSR count). The molecule has 3 aliphatic rings. The van der Waals surface area contributed by atoms with Crippen molar-refractivity contribution in [2.24, 2.45) is 21.8 Å². The summed E-state index contributed by atoms with van der Waals surface area (Å²) in [5, 5.41) is 5.83. The van der Waals surface area contributed by atoms with Crippen LogP contribution in [0.1, 0.15) is 57.4 Å². The van der Waals surface area contributed by atoms with Crippen molar-refractivity contribution in [3.8, 4) is 11.1 Å². The van der Waals surface area contributed by atoms with E-state index in [4.69, 9.17) is 22.3 Å². The molecule has 1 saturated carbocycles. The largest absolute Gasteiger partial charge is 0.399 e. The molecule has 3 fully saturated rings. The quantitative estimate of drug-likeness (QED) is 0.129. The molecule has 2 aliphatic heterocycles. The lowest BCUT2D eigenvalue weighted by Crippen LogP contribution is -2.53. The fraction of sp³-hybridized carbons (Fsp3) is 0.455. The minimum absolute atomic E-state index is 0.195. The smallest absolute Gasteiger partial charge is 0.158 e. The molecule has 3 N–H and O–H groups in total. The van der Waals surface area contributed by atoms with E-state index in [1.165, 1.54) is 25.7 Å². The van der Waals surface area contributed by atoms with Crippen molar-refractivity contribution in [3.63, 3.8) is 0 Å². The standard InChI is InChI=1S/C33H39ClFN5/c1-3-20-13-21(14-20)7-6-12-38-33(40-18-24-10-11-25(19-40)39-24)28-17-29(34)30(31(35)32(28)37-2)27-16-23(36)15-22-8-4-5-9-26(22)27/h4-5,8-9,15-17,20-21,24-25,39H,2-3,6-7,10-14,18-19,36H2,1H3/b38-33+. The summed E-state index contributed by atoms with van der Waals surface area (Å²) in [6.07, 6.45) is 8.51. The topological polar surface area (TPSA) is 66.0 Å². The zero-order chi connectivity index (χ0) is 27.8. The fourth-order valence-electron chi connectivity index (χ4n) is 7.05. The number of nitrogen functional groups attached to an aromatic ring is 1. The van der Waals surface area contributed by atoms with Gasteiger partial charge in [0.05, 0.1) is 5.02 Å². The average molecular weight is 560 g/mol. The molecule has 7 heteroatoms. The van der Waals surface area contributed by atoms with Crippen molar-refractivity contribution < 1.29 is 4.39 Å². The molecule has 210 valence electrons. The molecule has 0 radical (unpaired) electrons. The highest BCUT2D eigenvalue weighted by Crippen LogP contribution is 2.43. The van der Waals surface area contributed by atoms with Crippen LogP contribution < -0.4 is 11.1 Å². The summed E-state index contributed by atoms with van der Waals surface area (Å²) in [4.78, 5) is 11.7. The number of rotatable bonds is 8. The average Bonchev–Trinajstić information content (AvgIpc) is 3.26. The maximum absolute atomic E-state index is 16.5. The molecule has 2 heterocycles. The molecule has 3 aromatic rings. The van der Waals surface area contributed by atoms with Gasteiger partial charge in [-0.1, -0.05) is 49.2 Å². The molecule has 2 bridgehead atoms. The van der Waals surface area contributed by atoms with Gasteiger partial charge >= 0.3 is 0 Å². The van der Waals surface area contributed by atoms with E-state index in [-0.39, 0.29) is 5.69 Å². The summed E-state index contributed by atoms with van der Waals surface area (Å²) < 4.78 is 16.5. The number of nitrogens with one attached hydrogen (secondary N) is 1. The van der Waals surface area contributed by atoms with Crippen molar-refractivity contribution in [3.05, 3.63) is 58.9 Å². The van der Waals surface area contributed by atoms with Crippen LogP contribution in [0.3, 0.4) is 0 Å². The first-order valence-electron chi connectivity index (χ1n) is 14.8. The van der Waals surface area contributed by atoms with E-state index in [9.17, 15) is 0 Å². The van der Waals surface area contributed by atoms with Crippen LogP contribution >= 0.6 is 11.6 Å². The Kier molecular flexibility index (Phi) is 7.82. The van der Waals surface area contributed by atoms with Gasteiger partial charge in [0.1, 0.15) is 11.5 Å². The number of anilines is 1. The number of fused-ring (bicyclic) bond motifs is 3. The first-order chi connectivity index (χ1) is 19.4. The summed E-state index contributed by atoms with van der Waals surface area (Å²) in [6, 6.07) is 14.2. The number of benzene rings is 3. The molecule has 40 heavy (non-hydrogen) atoms. The second kappa shape index (κ2) is 11.5. The summed E-state index contributed by atoms with van der Waals surface area (Å²) in [5.74, 6) is 2.02. The van der Waals surface area contributed by atoms with E-state index < -0.39 is 5.82 Å². The molecule has 0 amide bonds. The number of piperazine rings is 1. The normalized spacial score (nSPS) is 24.4. The minimum atomic E-state index is -0.487. The lowest BCUT2D eigenvalue weighted by Gasteiger charge is -2.36. The van der Waals surface area contributed by atoms with E-state index in [0.717, 1.165) is 60.8 Å². The lowest BCUT2D eigenvalue weighted by molar-refractivity contribution is 0.175. The number of halogens is 2. The predicted molar refractivity (Wildman–Crippen MR) is 167 cm³/mol. The minimum Gasteiger partial charge on any atom is -0.399 e. The molecule has 1 aliphatic carbocycles. The highest BCUT2D eigenvalue weighted by atomic mass is 35.5. The monoisotopic (exact) mass is 559 g/mol. The van der Waals surface area contributed by atoms with Crippen LogP contribution in [-0.2, 0) is 0 Å². The van der Waals surface area contributed by atoms with Gasteiger partial charge in [0.25, 0.3) is 0 Å². The van der Waals surface area contributed by atoms with Gasteiger partial charge in [-0.3, -0.25) is 9.98 Å². The Morgan fingerprint density at radius 3 is 2.60 bits per heavy atom. The van der Waals surface area contributed by atoms with E-state index >= 15 is 4.39 Å². The Labute approximate surface area is 241 Å². The van der Waals surface area contributed by atoms with Crippen molar-refractivity contribution in [1.82, 2.24) is 10.2 Å². The van der Waals surface area contributed by atoms with Crippen molar-refractivity contribution in [1.29, 1.82) is 0 Å². The van der Waals surface area contributed by atoms with Crippen LogP contribution in [0, 0.1) is 17.7 Å². The molecule has 2 unspecified atom stereocenters. The van der Waals surface area contributed by atoms with Gasteiger partial charge in [0.15, 0.2) is 5.82 Å². The summed E-state index contributed by atoms with van der Waals surface area (Å²) in [6.45, 7) is 8.45. The number of amidine groups is 1. The van der Waals surface area contributed by atoms with Crippen LogP contribution in [-0.4, -0.2) is 49.2 Å². The van der Waals surface area contributed by atoms with E-state index in [1.807, 2.05) is 36.4 Å². The van der Waals surface area contributed by atoms with Crippen LogP contribution in [0.5, 0.6) is 0 Å². The van der Waals surface area contributed by atoms with Gasteiger partial charge < -0.3 is 16.0 Å². The van der Waals surface area contributed by atoms with Crippen LogP contribution in [0.15, 0.2) is 52.4 Å². The second-order valence-electron chi connectivity index (χ2n) is 11.9. The molecular weight excluding hydrogens is 521 g/mol. The van der Waals surface area contributed by atoms with E-state index in [2.05, 4.69) is 28.9 Å². The highest BCUT2D eigenvalue weighted by Gasteiger charge is 2.35. The Balaban J connectivity index is 1.38. The number of hydrogen-bond acceptors (Lipinski definition) is 4. The van der Waals surface area contributed by atoms with Gasteiger partial charge in [-0.25, -0.2) is 4.39 Å². The number of likely N-dealkylation sites (tertiary alicyclic amines) is 1. The highest BCUT2D eigenvalue weighted by molar-refractivity contribution is 6.34. The Morgan fingerprint density at radius 2 is 1.88 bits per heavy atom. The van der Waals surface area contributed by atoms with E-state index in [0.29, 0.717) is 46.0 Å². The SMILES string of the molecule is C=Nc1c(/C(=N\CCCC2CC(CC)C2)N2CC3CCC(C2)N3)cc(Cl)c(-c2cc(N)cc3ccccc23)c1F. The molecule has 0 aromatic heterocycles. The Bertz CT molecular complexity index is 1430. The number of nitrogens with two attached hydrogens (primary N) is 1. The third-order valence-electron chi connectivity index (χ3n) is 9.20. The van der Waals surface area contributed by atoms with Gasteiger partial charge in [0, 0.05) is 48.5 Å². The Hall–Kier alpha value is -2.96. The number of aliphatic imine (C=N–C) groups is 2. The van der Waals surface area contributed by atoms with Crippen LogP contribution in [0.25, 0.3) is 21.9 Å². The van der Waals surface area contributed by atoms with Crippen LogP contribution in [0.2, 0.25) is 5.02 Å². The van der Waals surface area contributed by atoms with E-state index in [1.54, 1.807) is 6.07 Å². The Morgan fingerprint density at radius 1 is 1.12 bits per heavy atom. The van der Waals surface area contributed by atoms with Gasteiger partial charge in [-0.2, -0.15) is 0 Å². The summed E-state index contributed by atoms with van der Waals surface area (Å²) in [5.41, 5.74) is 8.54. The predicted octanol–water partition coefficient (Wildman–Crippen LogP) is 7.61. The zero-order valence-corrected chi connectivity index (χ0v) is 24.1. The van der Waals surface area contributed by atoms with Crippen molar-refractivity contribution in [2.75, 3.05) is 25.4 Å². The fourth-order valence-corrected chi connectivity index (χ4v) is 7.35. The van der Waals surface area contributed by atoms with Gasteiger partial charge in [0.2, 0.25) is 0 Å². The number of hydrogen-bond donors (Lipinski definition) is 2. The third kappa shape index (κ3) is 5.24. The lowest BCUT2D eigenvalue weighted by atomic mass is 9.72. The zero-order valence-electron chi connectivity index (χ0n) is 23.3. The van der Waals surface area contributed by atoms with Crippen LogP contribution in [0.4, 0.5) is 15.8 Å². The van der Waals surface area contributed by atoms with Gasteiger partial charge in [-0.05, 0) is 91.6 Å². The molecule has 3 aromatic carbocycles. The number of nitrogens with zero attached hydrogens (tertiary/aromatic N) is 3. The maximum Gasteiger partial charge on any atom is 0.158 e. The molecule has 0 spiro atoms. The second-order valence-corrected chi connectivity index (χ2v) is 12.3. The first-order valence-corrected chi connectivity index (χ1v) is 15.2. The van der Waals surface area contributed by atoms with Gasteiger partial charge in [-0.15, -0.1) is 0 Å².